The number of para-hydroxylation sites is 2. The van der Waals surface area contributed by atoms with Crippen LogP contribution in [0.5, 0.6) is 0 Å². The lowest BCUT2D eigenvalue weighted by molar-refractivity contribution is 0.267. The second-order valence-electron chi connectivity index (χ2n) is 6.25. The summed E-state index contributed by atoms with van der Waals surface area (Å²) in [5.41, 5.74) is 3.50. The van der Waals surface area contributed by atoms with Gasteiger partial charge in [-0.1, -0.05) is 37.1 Å². The molecule has 1 saturated heterocycles. The molecular formula is C18H26ClN3. The topological polar surface area (TPSA) is 21.1 Å². The Bertz CT molecular complexity index is 624. The first-order chi connectivity index (χ1) is 10.2. The minimum Gasteiger partial charge on any atom is -0.323 e. The molecule has 1 aliphatic rings. The molecule has 0 saturated carbocycles. The largest absolute Gasteiger partial charge is 0.323 e. The van der Waals surface area contributed by atoms with Crippen LogP contribution in [0.25, 0.3) is 11.0 Å². The van der Waals surface area contributed by atoms with Crippen LogP contribution in [0.4, 0.5) is 0 Å². The highest BCUT2D eigenvalue weighted by Gasteiger charge is 2.15. The molecule has 4 heteroatoms. The second kappa shape index (κ2) is 7.80. The summed E-state index contributed by atoms with van der Waals surface area (Å²) in [6, 6.07) is 8.43. The van der Waals surface area contributed by atoms with Crippen molar-refractivity contribution in [1.82, 2.24) is 14.5 Å². The lowest BCUT2D eigenvalue weighted by Gasteiger charge is -2.20. The van der Waals surface area contributed by atoms with E-state index in [0.29, 0.717) is 0 Å². The number of nitrogens with zero attached hydrogens (tertiary/aromatic N) is 3. The lowest BCUT2D eigenvalue weighted by Crippen LogP contribution is -2.26. The molecule has 2 aromatic rings. The molecule has 0 bridgehead atoms. The number of likely N-dealkylation sites (tertiary alicyclic amines) is 1. The number of rotatable bonds is 4. The first kappa shape index (κ1) is 17.0. The van der Waals surface area contributed by atoms with Gasteiger partial charge < -0.3 is 4.57 Å². The van der Waals surface area contributed by atoms with E-state index in [1.54, 1.807) is 0 Å². The van der Waals surface area contributed by atoms with Crippen LogP contribution in [-0.2, 0) is 13.1 Å². The first-order valence-corrected chi connectivity index (χ1v) is 8.05. The van der Waals surface area contributed by atoms with Gasteiger partial charge in [-0.3, -0.25) is 4.90 Å². The van der Waals surface area contributed by atoms with E-state index in [-0.39, 0.29) is 12.4 Å². The Morgan fingerprint density at radius 3 is 2.50 bits per heavy atom. The zero-order chi connectivity index (χ0) is 14.7. The van der Waals surface area contributed by atoms with Gasteiger partial charge in [0, 0.05) is 6.54 Å². The van der Waals surface area contributed by atoms with E-state index < -0.39 is 0 Å². The van der Waals surface area contributed by atoms with Crippen LogP contribution in [0.2, 0.25) is 0 Å². The van der Waals surface area contributed by atoms with Gasteiger partial charge >= 0.3 is 0 Å². The van der Waals surface area contributed by atoms with Gasteiger partial charge in [0.2, 0.25) is 0 Å². The predicted molar refractivity (Wildman–Crippen MR) is 95.5 cm³/mol. The van der Waals surface area contributed by atoms with Gasteiger partial charge in [-0.2, -0.15) is 0 Å². The Morgan fingerprint density at radius 1 is 1.14 bits per heavy atom. The fourth-order valence-corrected chi connectivity index (χ4v) is 3.19. The Balaban J connectivity index is 0.00000176. The van der Waals surface area contributed by atoms with Crippen LogP contribution in [0, 0.1) is 0 Å². The van der Waals surface area contributed by atoms with E-state index >= 15 is 0 Å². The molecule has 0 unspecified atom stereocenters. The summed E-state index contributed by atoms with van der Waals surface area (Å²) >= 11 is 0. The number of hydrogen-bond acceptors (Lipinski definition) is 2. The van der Waals surface area contributed by atoms with Gasteiger partial charge in [0.05, 0.1) is 17.6 Å². The molecule has 22 heavy (non-hydrogen) atoms. The highest BCUT2D eigenvalue weighted by atomic mass is 35.5. The molecule has 0 aliphatic carbocycles. The van der Waals surface area contributed by atoms with E-state index in [0.717, 1.165) is 18.6 Å². The van der Waals surface area contributed by atoms with Gasteiger partial charge in [0.25, 0.3) is 0 Å². The Kier molecular flexibility index (Phi) is 6.04. The van der Waals surface area contributed by atoms with Gasteiger partial charge in [-0.05, 0) is 45.0 Å². The van der Waals surface area contributed by atoms with E-state index in [1.165, 1.54) is 55.7 Å². The number of aromatic nitrogens is 2. The standard InChI is InChI=1S/C18H25N3.ClH/c1-15(2)13-21-17-10-6-5-9-16(17)19-18(21)14-20-11-7-3-4-8-12-20;/h5-6,9-10H,1,3-4,7-8,11-14H2,2H3;1H. The maximum absolute atomic E-state index is 4.87. The quantitative estimate of drug-likeness (QED) is 0.778. The van der Waals surface area contributed by atoms with Gasteiger partial charge in [0.1, 0.15) is 5.82 Å². The van der Waals surface area contributed by atoms with Crippen LogP contribution in [0.3, 0.4) is 0 Å². The molecule has 1 aromatic carbocycles. The first-order valence-electron chi connectivity index (χ1n) is 8.05. The average molecular weight is 320 g/mol. The Hall–Kier alpha value is -1.32. The van der Waals surface area contributed by atoms with Crippen molar-refractivity contribution >= 4 is 23.4 Å². The molecule has 1 aromatic heterocycles. The van der Waals surface area contributed by atoms with Gasteiger partial charge in [-0.25, -0.2) is 4.98 Å². The third-order valence-corrected chi connectivity index (χ3v) is 4.23. The van der Waals surface area contributed by atoms with Crippen molar-refractivity contribution in [2.45, 2.75) is 45.7 Å². The monoisotopic (exact) mass is 319 g/mol. The smallest absolute Gasteiger partial charge is 0.124 e. The van der Waals surface area contributed by atoms with E-state index in [2.05, 4.69) is 47.2 Å². The van der Waals surface area contributed by atoms with E-state index in [9.17, 15) is 0 Å². The maximum atomic E-state index is 4.87. The molecule has 120 valence electrons. The van der Waals surface area contributed by atoms with Crippen LogP contribution < -0.4 is 0 Å². The summed E-state index contributed by atoms with van der Waals surface area (Å²) in [7, 11) is 0. The van der Waals surface area contributed by atoms with Crippen molar-refractivity contribution in [2.24, 2.45) is 0 Å². The maximum Gasteiger partial charge on any atom is 0.124 e. The summed E-state index contributed by atoms with van der Waals surface area (Å²) < 4.78 is 2.34. The molecule has 0 radical (unpaired) electrons. The zero-order valence-corrected chi connectivity index (χ0v) is 14.2. The molecule has 1 fully saturated rings. The Labute approximate surface area is 139 Å². The van der Waals surface area contributed by atoms with Crippen molar-refractivity contribution in [2.75, 3.05) is 13.1 Å². The average Bonchev–Trinajstić information content (AvgIpc) is 2.64. The number of halogens is 1. The van der Waals surface area contributed by atoms with E-state index in [1.807, 2.05) is 0 Å². The minimum absolute atomic E-state index is 0. The molecule has 0 N–H and O–H groups in total. The molecular weight excluding hydrogens is 294 g/mol. The zero-order valence-electron chi connectivity index (χ0n) is 13.4. The van der Waals surface area contributed by atoms with Crippen LogP contribution in [0.15, 0.2) is 36.4 Å². The third-order valence-electron chi connectivity index (χ3n) is 4.23. The van der Waals surface area contributed by atoms with Crippen molar-refractivity contribution in [1.29, 1.82) is 0 Å². The number of fused-ring (bicyclic) bond motifs is 1. The predicted octanol–water partition coefficient (Wildman–Crippen LogP) is 4.41. The molecule has 3 nitrogen and oxygen atoms in total. The van der Waals surface area contributed by atoms with Crippen LogP contribution >= 0.6 is 12.4 Å². The van der Waals surface area contributed by atoms with Gasteiger partial charge in [0.15, 0.2) is 0 Å². The normalized spacial score (nSPS) is 16.2. The molecule has 0 spiro atoms. The SMILES string of the molecule is C=C(C)Cn1c(CN2CCCCCC2)nc2ccccc21.Cl. The van der Waals surface area contributed by atoms with Crippen molar-refractivity contribution < 1.29 is 0 Å². The number of hydrogen-bond donors (Lipinski definition) is 0. The third kappa shape index (κ3) is 3.90. The highest BCUT2D eigenvalue weighted by molar-refractivity contribution is 5.85. The molecule has 0 atom stereocenters. The van der Waals surface area contributed by atoms with Crippen molar-refractivity contribution in [3.63, 3.8) is 0 Å². The Morgan fingerprint density at radius 2 is 1.82 bits per heavy atom. The van der Waals surface area contributed by atoms with Crippen LogP contribution in [0.1, 0.15) is 38.4 Å². The number of allylic oxidation sites excluding steroid dienone is 1. The molecule has 3 rings (SSSR count). The summed E-state index contributed by atoms with van der Waals surface area (Å²) in [6.45, 7) is 10.4. The molecule has 1 aliphatic heterocycles. The van der Waals surface area contributed by atoms with Crippen LogP contribution in [-0.4, -0.2) is 27.5 Å². The summed E-state index contributed by atoms with van der Waals surface area (Å²) in [6.07, 6.45) is 5.39. The number of benzene rings is 1. The van der Waals surface area contributed by atoms with Crippen molar-refractivity contribution in [3.8, 4) is 0 Å². The minimum atomic E-state index is 0. The van der Waals surface area contributed by atoms with Gasteiger partial charge in [-0.15, -0.1) is 12.4 Å². The lowest BCUT2D eigenvalue weighted by atomic mass is 10.2. The van der Waals surface area contributed by atoms with Crippen molar-refractivity contribution in [3.05, 3.63) is 42.2 Å². The second-order valence-corrected chi connectivity index (χ2v) is 6.25. The summed E-state index contributed by atoms with van der Waals surface area (Å²) in [4.78, 5) is 7.43. The fraction of sp³-hybridized carbons (Fsp3) is 0.500. The molecule has 2 heterocycles. The summed E-state index contributed by atoms with van der Waals surface area (Å²) in [5.74, 6) is 1.18. The van der Waals surface area contributed by atoms with E-state index in [4.69, 9.17) is 4.98 Å². The fourth-order valence-electron chi connectivity index (χ4n) is 3.19. The highest BCUT2D eigenvalue weighted by Crippen LogP contribution is 2.20. The number of imidazole rings is 1. The summed E-state index contributed by atoms with van der Waals surface area (Å²) in [5, 5.41) is 0. The molecule has 0 amide bonds.